The number of halogens is 1. The summed E-state index contributed by atoms with van der Waals surface area (Å²) in [5.74, 6) is 1.04. The van der Waals surface area contributed by atoms with Crippen molar-refractivity contribution in [3.8, 4) is 23.0 Å². The fourth-order valence-electron chi connectivity index (χ4n) is 3.32. The molecule has 0 bridgehead atoms. The molecule has 0 atom stereocenters. The molecule has 3 rings (SSSR count). The van der Waals surface area contributed by atoms with Gasteiger partial charge in [-0.15, -0.1) is 0 Å². The highest BCUT2D eigenvalue weighted by molar-refractivity contribution is 6.13. The fraction of sp³-hybridized carbons (Fsp3) is 0.333. The lowest BCUT2D eigenvalue weighted by Crippen LogP contribution is -3.00. The first kappa shape index (κ1) is 21.4. The number of hydrogen-bond acceptors (Lipinski definition) is 4. The number of benzene rings is 3. The predicted octanol–water partition coefficient (Wildman–Crippen LogP) is 0.674. The highest BCUT2D eigenvalue weighted by Gasteiger charge is 2.18. The van der Waals surface area contributed by atoms with Gasteiger partial charge in [0.25, 0.3) is 0 Å². The monoisotopic (exact) mass is 483 g/mol. The van der Waals surface area contributed by atoms with Gasteiger partial charge < -0.3 is 48.1 Å². The Kier molecular flexibility index (Phi) is 6.32. The molecule has 0 saturated heterocycles. The molecule has 0 fully saturated rings. The second-order valence-electron chi connectivity index (χ2n) is 7.59. The van der Waals surface area contributed by atoms with Crippen molar-refractivity contribution in [1.29, 1.82) is 0 Å². The zero-order valence-electron chi connectivity index (χ0n) is 16.3. The standard InChI is InChI=1S/C21H25NO4.HI/c1-22(2,3)9-8-14-11-18(24)21(26-5)20-15(14)7-6-13-10-17(23)19(25-4)12-16(13)20;/h6-7,10-12H,8-9H2,1-5H3,(H-,23,24);1H. The predicted molar refractivity (Wildman–Crippen MR) is 104 cm³/mol. The molecule has 146 valence electrons. The van der Waals surface area contributed by atoms with E-state index in [1.54, 1.807) is 25.3 Å². The van der Waals surface area contributed by atoms with Crippen molar-refractivity contribution >= 4 is 21.5 Å². The molecule has 3 aromatic carbocycles. The topological polar surface area (TPSA) is 58.9 Å². The van der Waals surface area contributed by atoms with E-state index in [4.69, 9.17) is 9.47 Å². The highest BCUT2D eigenvalue weighted by atomic mass is 127. The molecule has 0 amide bonds. The Bertz CT molecular complexity index is 980. The number of fused-ring (bicyclic) bond motifs is 3. The molecular weight excluding hydrogens is 457 g/mol. The average molecular weight is 483 g/mol. The molecule has 0 unspecified atom stereocenters. The summed E-state index contributed by atoms with van der Waals surface area (Å²) in [4.78, 5) is 0. The molecule has 0 aliphatic heterocycles. The third kappa shape index (κ3) is 4.16. The number of hydrogen-bond donors (Lipinski definition) is 2. The molecule has 5 nitrogen and oxygen atoms in total. The summed E-state index contributed by atoms with van der Waals surface area (Å²) in [6.07, 6.45) is 0.832. The lowest BCUT2D eigenvalue weighted by Gasteiger charge is -2.24. The van der Waals surface area contributed by atoms with Crippen LogP contribution in [0.25, 0.3) is 21.5 Å². The fourth-order valence-corrected chi connectivity index (χ4v) is 3.32. The minimum absolute atomic E-state index is 0. The lowest BCUT2D eigenvalue weighted by molar-refractivity contribution is -0.870. The number of phenolic OH excluding ortho intramolecular Hbond substituents is 2. The van der Waals surface area contributed by atoms with Gasteiger partial charge in [-0.2, -0.15) is 0 Å². The van der Waals surface area contributed by atoms with Crippen LogP contribution in [0.4, 0.5) is 0 Å². The third-order valence-corrected chi connectivity index (χ3v) is 4.69. The van der Waals surface area contributed by atoms with Gasteiger partial charge in [-0.3, -0.25) is 0 Å². The van der Waals surface area contributed by atoms with E-state index in [-0.39, 0.29) is 35.5 Å². The summed E-state index contributed by atoms with van der Waals surface area (Å²) in [5, 5.41) is 24.2. The SMILES string of the molecule is COc1cc2c(ccc3c(CC[N+](C)(C)C)cc(O)c(OC)c32)cc1O.[I-]. The normalized spacial score (nSPS) is 11.4. The Morgan fingerprint density at radius 1 is 0.889 bits per heavy atom. The molecule has 0 radical (unpaired) electrons. The maximum absolute atomic E-state index is 10.5. The lowest BCUT2D eigenvalue weighted by atomic mass is 9.95. The van der Waals surface area contributed by atoms with Crippen LogP contribution in [0.2, 0.25) is 0 Å². The van der Waals surface area contributed by atoms with Crippen LogP contribution in [0, 0.1) is 0 Å². The van der Waals surface area contributed by atoms with Crippen molar-refractivity contribution in [3.05, 3.63) is 35.9 Å². The molecule has 0 aliphatic rings. The maximum Gasteiger partial charge on any atom is 0.168 e. The first-order valence-corrected chi connectivity index (χ1v) is 8.58. The molecule has 0 heterocycles. The van der Waals surface area contributed by atoms with E-state index in [0.717, 1.165) is 44.6 Å². The van der Waals surface area contributed by atoms with E-state index in [9.17, 15) is 10.2 Å². The van der Waals surface area contributed by atoms with Gasteiger partial charge in [0.1, 0.15) is 0 Å². The second-order valence-corrected chi connectivity index (χ2v) is 7.59. The summed E-state index contributed by atoms with van der Waals surface area (Å²) >= 11 is 0. The van der Waals surface area contributed by atoms with Crippen LogP contribution in [0.15, 0.2) is 30.3 Å². The van der Waals surface area contributed by atoms with Crippen LogP contribution in [0.3, 0.4) is 0 Å². The van der Waals surface area contributed by atoms with Gasteiger partial charge in [-0.05, 0) is 39.9 Å². The number of phenols is 2. The van der Waals surface area contributed by atoms with Crippen LogP contribution in [-0.2, 0) is 6.42 Å². The average Bonchev–Trinajstić information content (AvgIpc) is 2.58. The van der Waals surface area contributed by atoms with Gasteiger partial charge in [-0.1, -0.05) is 12.1 Å². The van der Waals surface area contributed by atoms with Crippen molar-refractivity contribution in [1.82, 2.24) is 0 Å². The van der Waals surface area contributed by atoms with E-state index < -0.39 is 0 Å². The highest BCUT2D eigenvalue weighted by Crippen LogP contribution is 2.43. The summed E-state index contributed by atoms with van der Waals surface area (Å²) in [6.45, 7) is 0.942. The number of rotatable bonds is 5. The van der Waals surface area contributed by atoms with Gasteiger partial charge in [0, 0.05) is 11.8 Å². The van der Waals surface area contributed by atoms with Crippen molar-refractivity contribution in [3.63, 3.8) is 0 Å². The number of nitrogens with zero attached hydrogens (tertiary/aromatic N) is 1. The summed E-state index contributed by atoms with van der Waals surface area (Å²) in [5.41, 5.74) is 1.07. The third-order valence-electron chi connectivity index (χ3n) is 4.69. The molecule has 0 aromatic heterocycles. The first-order valence-electron chi connectivity index (χ1n) is 8.58. The molecule has 0 saturated carbocycles. The Morgan fingerprint density at radius 3 is 2.19 bits per heavy atom. The van der Waals surface area contributed by atoms with Gasteiger partial charge >= 0.3 is 0 Å². The minimum Gasteiger partial charge on any atom is -1.00 e. The van der Waals surface area contributed by atoms with E-state index in [1.165, 1.54) is 7.11 Å². The van der Waals surface area contributed by atoms with Crippen molar-refractivity contribution in [2.75, 3.05) is 41.9 Å². The van der Waals surface area contributed by atoms with Gasteiger partial charge in [0.15, 0.2) is 23.0 Å². The smallest absolute Gasteiger partial charge is 0.168 e. The number of quaternary nitrogens is 1. The van der Waals surface area contributed by atoms with Crippen LogP contribution >= 0.6 is 0 Å². The van der Waals surface area contributed by atoms with Crippen molar-refractivity contribution in [2.45, 2.75) is 6.42 Å². The van der Waals surface area contributed by atoms with Gasteiger partial charge in [0.2, 0.25) is 0 Å². The summed E-state index contributed by atoms with van der Waals surface area (Å²) in [6, 6.07) is 9.25. The van der Waals surface area contributed by atoms with E-state index >= 15 is 0 Å². The van der Waals surface area contributed by atoms with Crippen molar-refractivity contribution < 1.29 is 48.1 Å². The van der Waals surface area contributed by atoms with Crippen LogP contribution < -0.4 is 33.5 Å². The zero-order valence-corrected chi connectivity index (χ0v) is 18.5. The van der Waals surface area contributed by atoms with Crippen molar-refractivity contribution in [2.24, 2.45) is 0 Å². The minimum atomic E-state index is 0. The molecule has 0 aliphatic carbocycles. The summed E-state index contributed by atoms with van der Waals surface area (Å²) in [7, 11) is 9.52. The Labute approximate surface area is 176 Å². The number of likely N-dealkylation sites (N-methyl/N-ethyl adjacent to an activating group) is 1. The van der Waals surface area contributed by atoms with Gasteiger partial charge in [-0.25, -0.2) is 0 Å². The quantitative estimate of drug-likeness (QED) is 0.319. The van der Waals surface area contributed by atoms with Crippen LogP contribution in [-0.4, -0.2) is 56.6 Å². The summed E-state index contributed by atoms with van der Waals surface area (Å²) < 4.78 is 11.6. The maximum atomic E-state index is 10.5. The molecule has 3 aromatic rings. The number of aromatic hydroxyl groups is 2. The Hall–Kier alpha value is -1.93. The largest absolute Gasteiger partial charge is 1.00 e. The second kappa shape index (κ2) is 7.98. The van der Waals surface area contributed by atoms with Crippen LogP contribution in [0.1, 0.15) is 5.56 Å². The van der Waals surface area contributed by atoms with E-state index in [0.29, 0.717) is 11.5 Å². The Morgan fingerprint density at radius 2 is 1.59 bits per heavy atom. The number of methoxy groups -OCH3 is 2. The number of ether oxygens (including phenoxy) is 2. The first-order chi connectivity index (χ1) is 12.2. The zero-order chi connectivity index (χ0) is 19.1. The van der Waals surface area contributed by atoms with Gasteiger partial charge in [0.05, 0.1) is 41.9 Å². The van der Waals surface area contributed by atoms with Crippen LogP contribution in [0.5, 0.6) is 23.0 Å². The van der Waals surface area contributed by atoms with E-state index in [1.807, 2.05) is 12.1 Å². The molecular formula is C21H26INO4. The molecule has 27 heavy (non-hydrogen) atoms. The van der Waals surface area contributed by atoms with E-state index in [2.05, 4.69) is 21.1 Å². The Balaban J connectivity index is 0.00000261. The molecule has 0 spiro atoms. The molecule has 2 N–H and O–H groups in total. The molecule has 6 heteroatoms.